The standard InChI is InChI=1S/C10H11N5OS/c11-8-4-6(14-15-8)9(16)13-10-12-5-2-1-3-7(5)17-10/h4H,1-3H2,(H3,11,14,15)(H,12,13,16). The summed E-state index contributed by atoms with van der Waals surface area (Å²) < 4.78 is 0. The van der Waals surface area contributed by atoms with Gasteiger partial charge in [-0.1, -0.05) is 0 Å². The van der Waals surface area contributed by atoms with Crippen LogP contribution in [0.1, 0.15) is 27.5 Å². The third kappa shape index (κ3) is 1.89. The Hall–Kier alpha value is -1.89. The summed E-state index contributed by atoms with van der Waals surface area (Å²) in [4.78, 5) is 17.4. The first kappa shape index (κ1) is 10.3. The van der Waals surface area contributed by atoms with E-state index in [4.69, 9.17) is 5.73 Å². The fourth-order valence-corrected chi connectivity index (χ4v) is 2.91. The van der Waals surface area contributed by atoms with Crippen LogP contribution in [0.3, 0.4) is 0 Å². The van der Waals surface area contributed by atoms with Gasteiger partial charge < -0.3 is 5.73 Å². The number of amides is 1. The first-order chi connectivity index (χ1) is 8.22. The molecule has 2 aromatic rings. The van der Waals surface area contributed by atoms with Crippen LogP contribution < -0.4 is 11.1 Å². The van der Waals surface area contributed by atoms with Crippen molar-refractivity contribution in [3.8, 4) is 0 Å². The van der Waals surface area contributed by atoms with E-state index in [-0.39, 0.29) is 5.91 Å². The summed E-state index contributed by atoms with van der Waals surface area (Å²) in [5.74, 6) is 0.0402. The number of nitrogens with zero attached hydrogens (tertiary/aromatic N) is 2. The summed E-state index contributed by atoms with van der Waals surface area (Å²) in [6, 6.07) is 1.50. The SMILES string of the molecule is Nc1cc(C(=O)Nc2nc3c(s2)CCC3)[nH]n1. The van der Waals surface area contributed by atoms with Gasteiger partial charge in [0, 0.05) is 10.9 Å². The number of H-pyrrole nitrogens is 1. The van der Waals surface area contributed by atoms with Crippen molar-refractivity contribution in [3.63, 3.8) is 0 Å². The molecule has 0 radical (unpaired) electrons. The molecular weight excluding hydrogens is 238 g/mol. The minimum atomic E-state index is -0.262. The van der Waals surface area contributed by atoms with Crippen molar-refractivity contribution in [2.45, 2.75) is 19.3 Å². The summed E-state index contributed by atoms with van der Waals surface area (Å²) in [5, 5.41) is 9.66. The van der Waals surface area contributed by atoms with E-state index in [0.29, 0.717) is 16.6 Å². The molecule has 17 heavy (non-hydrogen) atoms. The number of aryl methyl sites for hydroxylation is 2. The number of nitrogen functional groups attached to an aromatic ring is 1. The lowest BCUT2D eigenvalue weighted by atomic mass is 10.4. The van der Waals surface area contributed by atoms with Crippen LogP contribution in [0.2, 0.25) is 0 Å². The van der Waals surface area contributed by atoms with Gasteiger partial charge in [0.05, 0.1) is 5.69 Å². The molecule has 0 unspecified atom stereocenters. The molecule has 0 aromatic carbocycles. The second-order valence-corrected chi connectivity index (χ2v) is 4.99. The Labute approximate surface area is 101 Å². The van der Waals surface area contributed by atoms with Gasteiger partial charge in [-0.2, -0.15) is 5.10 Å². The molecule has 88 valence electrons. The van der Waals surface area contributed by atoms with Crippen LogP contribution >= 0.6 is 11.3 Å². The number of carbonyl (C=O) groups is 1. The lowest BCUT2D eigenvalue weighted by molar-refractivity contribution is 0.102. The van der Waals surface area contributed by atoms with Crippen LogP contribution in [-0.2, 0) is 12.8 Å². The van der Waals surface area contributed by atoms with Crippen molar-refractivity contribution in [2.24, 2.45) is 0 Å². The Kier molecular flexibility index (Phi) is 2.32. The highest BCUT2D eigenvalue weighted by molar-refractivity contribution is 7.15. The number of carbonyl (C=O) groups excluding carboxylic acids is 1. The molecule has 1 aliphatic rings. The number of fused-ring (bicyclic) bond motifs is 1. The predicted octanol–water partition coefficient (Wildman–Crippen LogP) is 1.19. The summed E-state index contributed by atoms with van der Waals surface area (Å²) in [5.41, 5.74) is 6.90. The minimum Gasteiger partial charge on any atom is -0.382 e. The van der Waals surface area contributed by atoms with Gasteiger partial charge in [0.15, 0.2) is 5.13 Å². The second kappa shape index (κ2) is 3.85. The van der Waals surface area contributed by atoms with Crippen LogP contribution in [0.5, 0.6) is 0 Å². The first-order valence-electron chi connectivity index (χ1n) is 5.33. The number of hydrogen-bond acceptors (Lipinski definition) is 5. The van der Waals surface area contributed by atoms with Gasteiger partial charge in [-0.3, -0.25) is 15.2 Å². The Bertz CT molecular complexity index is 552. The Morgan fingerprint density at radius 1 is 1.53 bits per heavy atom. The second-order valence-electron chi connectivity index (χ2n) is 3.90. The molecule has 1 amide bonds. The maximum atomic E-state index is 11.8. The minimum absolute atomic E-state index is 0.262. The van der Waals surface area contributed by atoms with Crippen molar-refractivity contribution in [1.29, 1.82) is 0 Å². The predicted molar refractivity (Wildman–Crippen MR) is 65.1 cm³/mol. The number of anilines is 2. The number of nitrogens with one attached hydrogen (secondary N) is 2. The molecule has 0 saturated carbocycles. The lowest BCUT2D eigenvalue weighted by Gasteiger charge is -1.97. The quantitative estimate of drug-likeness (QED) is 0.744. The van der Waals surface area contributed by atoms with E-state index < -0.39 is 0 Å². The summed E-state index contributed by atoms with van der Waals surface area (Å²) in [6.07, 6.45) is 3.25. The molecule has 0 atom stereocenters. The van der Waals surface area contributed by atoms with Crippen LogP contribution in [0, 0.1) is 0 Å². The van der Waals surface area contributed by atoms with Crippen molar-refractivity contribution in [1.82, 2.24) is 15.2 Å². The third-order valence-electron chi connectivity index (χ3n) is 2.66. The average Bonchev–Trinajstić information content (AvgIpc) is 2.92. The Balaban J connectivity index is 1.76. The monoisotopic (exact) mass is 249 g/mol. The van der Waals surface area contributed by atoms with Gasteiger partial charge in [-0.25, -0.2) is 4.98 Å². The maximum absolute atomic E-state index is 11.8. The summed E-state index contributed by atoms with van der Waals surface area (Å²) in [7, 11) is 0. The molecule has 2 heterocycles. The maximum Gasteiger partial charge on any atom is 0.275 e. The van der Waals surface area contributed by atoms with Gasteiger partial charge in [-0.15, -0.1) is 11.3 Å². The normalized spacial score (nSPS) is 13.6. The molecule has 0 saturated heterocycles. The molecule has 2 aromatic heterocycles. The Morgan fingerprint density at radius 3 is 3.12 bits per heavy atom. The zero-order valence-electron chi connectivity index (χ0n) is 8.99. The highest BCUT2D eigenvalue weighted by Crippen LogP contribution is 2.30. The van der Waals surface area contributed by atoms with Crippen molar-refractivity contribution in [2.75, 3.05) is 11.1 Å². The molecule has 0 bridgehead atoms. The molecule has 0 aliphatic heterocycles. The van der Waals surface area contributed by atoms with E-state index in [1.807, 2.05) is 0 Å². The van der Waals surface area contributed by atoms with Crippen LogP contribution in [0.25, 0.3) is 0 Å². The number of rotatable bonds is 2. The van der Waals surface area contributed by atoms with Crippen molar-refractivity contribution in [3.05, 3.63) is 22.3 Å². The van der Waals surface area contributed by atoms with E-state index >= 15 is 0 Å². The van der Waals surface area contributed by atoms with Crippen LogP contribution in [-0.4, -0.2) is 21.1 Å². The largest absolute Gasteiger partial charge is 0.382 e. The number of thiazole rings is 1. The molecule has 0 spiro atoms. The van der Waals surface area contributed by atoms with E-state index in [0.717, 1.165) is 18.5 Å². The fourth-order valence-electron chi connectivity index (χ4n) is 1.86. The van der Waals surface area contributed by atoms with Crippen molar-refractivity contribution < 1.29 is 4.79 Å². The van der Waals surface area contributed by atoms with Gasteiger partial charge >= 0.3 is 0 Å². The number of hydrogen-bond donors (Lipinski definition) is 3. The van der Waals surface area contributed by atoms with Gasteiger partial charge in [0.25, 0.3) is 5.91 Å². The summed E-state index contributed by atoms with van der Waals surface area (Å²) in [6.45, 7) is 0. The number of aromatic amines is 1. The van der Waals surface area contributed by atoms with Crippen LogP contribution in [0.4, 0.5) is 10.9 Å². The molecule has 1 aliphatic carbocycles. The molecular formula is C10H11N5OS. The summed E-state index contributed by atoms with van der Waals surface area (Å²) >= 11 is 1.54. The average molecular weight is 249 g/mol. The zero-order chi connectivity index (χ0) is 11.8. The van der Waals surface area contributed by atoms with Gasteiger partial charge in [0.1, 0.15) is 11.5 Å². The topological polar surface area (TPSA) is 96.7 Å². The molecule has 4 N–H and O–H groups in total. The highest BCUT2D eigenvalue weighted by Gasteiger charge is 2.18. The molecule has 7 heteroatoms. The molecule has 0 fully saturated rings. The Morgan fingerprint density at radius 2 is 2.41 bits per heavy atom. The van der Waals surface area contributed by atoms with Crippen LogP contribution in [0.15, 0.2) is 6.07 Å². The van der Waals surface area contributed by atoms with Gasteiger partial charge in [-0.05, 0) is 19.3 Å². The first-order valence-corrected chi connectivity index (χ1v) is 6.15. The highest BCUT2D eigenvalue weighted by atomic mass is 32.1. The van der Waals surface area contributed by atoms with E-state index in [1.165, 1.54) is 17.4 Å². The zero-order valence-corrected chi connectivity index (χ0v) is 9.80. The van der Waals surface area contributed by atoms with Crippen molar-refractivity contribution >= 4 is 28.2 Å². The third-order valence-corrected chi connectivity index (χ3v) is 3.73. The lowest BCUT2D eigenvalue weighted by Crippen LogP contribution is -2.12. The fraction of sp³-hybridized carbons (Fsp3) is 0.300. The molecule has 3 rings (SSSR count). The van der Waals surface area contributed by atoms with E-state index in [1.54, 1.807) is 11.3 Å². The van der Waals surface area contributed by atoms with E-state index in [2.05, 4.69) is 20.5 Å². The number of nitrogens with two attached hydrogens (primary N) is 1. The van der Waals surface area contributed by atoms with Gasteiger partial charge in [0.2, 0.25) is 0 Å². The van der Waals surface area contributed by atoms with E-state index in [9.17, 15) is 4.79 Å². The molecule has 6 nitrogen and oxygen atoms in total. The smallest absolute Gasteiger partial charge is 0.275 e. The number of aromatic nitrogens is 3.